The summed E-state index contributed by atoms with van der Waals surface area (Å²) in [5, 5.41) is 2.61. The fourth-order valence-corrected chi connectivity index (χ4v) is 3.58. The minimum atomic E-state index is -1.04. The quantitative estimate of drug-likeness (QED) is 0.472. The number of ether oxygens (including phenoxy) is 1. The van der Waals surface area contributed by atoms with E-state index in [1.165, 1.54) is 18.2 Å². The lowest BCUT2D eigenvalue weighted by Crippen LogP contribution is -2.58. The van der Waals surface area contributed by atoms with Gasteiger partial charge in [-0.2, -0.15) is 0 Å². The van der Waals surface area contributed by atoms with Gasteiger partial charge in [-0.25, -0.2) is 0 Å². The zero-order valence-corrected chi connectivity index (χ0v) is 15.4. The van der Waals surface area contributed by atoms with Crippen LogP contribution in [0.2, 0.25) is 0 Å². The lowest BCUT2D eigenvalue weighted by Gasteiger charge is -2.32. The minimum absolute atomic E-state index is 0.0310. The normalized spacial score (nSPS) is 26.9. The highest BCUT2D eigenvalue weighted by Crippen LogP contribution is 2.30. The van der Waals surface area contributed by atoms with Gasteiger partial charge in [0.25, 0.3) is 5.91 Å². The van der Waals surface area contributed by atoms with Gasteiger partial charge < -0.3 is 15.8 Å². The molecule has 2 fully saturated rings. The van der Waals surface area contributed by atoms with E-state index in [2.05, 4.69) is 10.3 Å². The van der Waals surface area contributed by atoms with Crippen LogP contribution in [0.15, 0.2) is 29.3 Å². The van der Waals surface area contributed by atoms with E-state index in [1.807, 2.05) is 0 Å². The predicted octanol–water partition coefficient (Wildman–Crippen LogP) is 1.40. The summed E-state index contributed by atoms with van der Waals surface area (Å²) in [4.78, 5) is 31.0. The SMILES string of the molecule is COc1ccccc1N1C(=O)[C@H](C=N[C@H]2CCCC[C@@H]2N)C(=O)NC1=S. The van der Waals surface area contributed by atoms with E-state index in [4.69, 9.17) is 22.7 Å². The zero-order valence-electron chi connectivity index (χ0n) is 14.6. The maximum absolute atomic E-state index is 13.0. The van der Waals surface area contributed by atoms with Crippen LogP contribution in [-0.4, -0.2) is 42.3 Å². The van der Waals surface area contributed by atoms with Gasteiger partial charge >= 0.3 is 0 Å². The lowest BCUT2D eigenvalue weighted by atomic mass is 9.91. The van der Waals surface area contributed by atoms with Gasteiger partial charge in [-0.05, 0) is 37.2 Å². The van der Waals surface area contributed by atoms with Crippen molar-refractivity contribution in [3.63, 3.8) is 0 Å². The number of benzene rings is 1. The van der Waals surface area contributed by atoms with Crippen molar-refractivity contribution in [2.75, 3.05) is 12.0 Å². The highest BCUT2D eigenvalue weighted by atomic mass is 32.1. The van der Waals surface area contributed by atoms with E-state index in [0.717, 1.165) is 25.7 Å². The van der Waals surface area contributed by atoms with Gasteiger partial charge in [0.2, 0.25) is 5.91 Å². The van der Waals surface area contributed by atoms with Crippen LogP contribution in [0.5, 0.6) is 5.75 Å². The second-order valence-corrected chi connectivity index (χ2v) is 6.82. The van der Waals surface area contributed by atoms with Crippen molar-refractivity contribution in [3.8, 4) is 5.75 Å². The van der Waals surface area contributed by atoms with Crippen LogP contribution in [-0.2, 0) is 9.59 Å². The number of thiocarbonyl (C=S) groups is 1. The van der Waals surface area contributed by atoms with Gasteiger partial charge in [0.1, 0.15) is 5.75 Å². The van der Waals surface area contributed by atoms with Crippen LogP contribution in [0.1, 0.15) is 25.7 Å². The molecule has 1 aliphatic carbocycles. The standard InChI is InChI=1S/C18H22N4O3S/c1-25-15-9-5-4-8-14(15)22-17(24)11(16(23)21-18(22)26)10-20-13-7-3-2-6-12(13)19/h4-5,8-13H,2-3,6-7,19H2,1H3,(H,21,23,26)/t11-,12+,13+/m1/s1. The topological polar surface area (TPSA) is 97.0 Å². The monoisotopic (exact) mass is 374 g/mol. The van der Waals surface area contributed by atoms with Crippen molar-refractivity contribution in [1.29, 1.82) is 0 Å². The van der Waals surface area contributed by atoms with Crippen molar-refractivity contribution in [1.82, 2.24) is 5.32 Å². The van der Waals surface area contributed by atoms with Crippen molar-refractivity contribution in [2.45, 2.75) is 37.8 Å². The second kappa shape index (κ2) is 7.92. The van der Waals surface area contributed by atoms with Gasteiger partial charge in [0, 0.05) is 12.3 Å². The number of amides is 2. The van der Waals surface area contributed by atoms with E-state index < -0.39 is 17.7 Å². The van der Waals surface area contributed by atoms with Crippen LogP contribution < -0.4 is 20.7 Å². The Morgan fingerprint density at radius 3 is 2.77 bits per heavy atom. The Morgan fingerprint density at radius 2 is 2.04 bits per heavy atom. The molecule has 0 aromatic heterocycles. The second-order valence-electron chi connectivity index (χ2n) is 6.43. The summed E-state index contributed by atoms with van der Waals surface area (Å²) in [6, 6.07) is 6.92. The summed E-state index contributed by atoms with van der Waals surface area (Å²) in [5.41, 5.74) is 6.58. The van der Waals surface area contributed by atoms with Crippen molar-refractivity contribution in [3.05, 3.63) is 24.3 Å². The molecule has 3 N–H and O–H groups in total. The third-order valence-electron chi connectivity index (χ3n) is 4.74. The number of para-hydroxylation sites is 2. The zero-order chi connectivity index (χ0) is 18.7. The third kappa shape index (κ3) is 3.61. The number of nitrogens with zero attached hydrogens (tertiary/aromatic N) is 2. The number of carbonyl (C=O) groups excluding carboxylic acids is 2. The lowest BCUT2D eigenvalue weighted by molar-refractivity contribution is -0.130. The van der Waals surface area contributed by atoms with Crippen LogP contribution in [0.25, 0.3) is 0 Å². The molecule has 1 aromatic rings. The maximum atomic E-state index is 13.0. The largest absolute Gasteiger partial charge is 0.495 e. The molecule has 7 nitrogen and oxygen atoms in total. The highest BCUT2D eigenvalue weighted by Gasteiger charge is 2.39. The first kappa shape index (κ1) is 18.5. The summed E-state index contributed by atoms with van der Waals surface area (Å²) in [5.74, 6) is -1.47. The average Bonchev–Trinajstić information content (AvgIpc) is 2.63. The molecule has 0 bridgehead atoms. The number of hydrogen-bond donors (Lipinski definition) is 2. The Labute approximate surface area is 157 Å². The molecule has 8 heteroatoms. The number of rotatable bonds is 4. The molecule has 3 rings (SSSR count). The first-order valence-corrected chi connectivity index (χ1v) is 9.04. The van der Waals surface area contributed by atoms with E-state index in [9.17, 15) is 9.59 Å². The number of hydrogen-bond acceptors (Lipinski definition) is 6. The minimum Gasteiger partial charge on any atom is -0.495 e. The molecule has 0 radical (unpaired) electrons. The van der Waals surface area contributed by atoms with Crippen molar-refractivity contribution < 1.29 is 14.3 Å². The molecule has 1 aromatic carbocycles. The molecular weight excluding hydrogens is 352 g/mol. The number of nitrogens with two attached hydrogens (primary N) is 1. The van der Waals surface area contributed by atoms with Crippen LogP contribution >= 0.6 is 12.2 Å². The Morgan fingerprint density at radius 1 is 1.31 bits per heavy atom. The fourth-order valence-electron chi connectivity index (χ4n) is 3.29. The molecule has 1 heterocycles. The summed E-state index contributed by atoms with van der Waals surface area (Å²) >= 11 is 5.20. The molecule has 1 saturated heterocycles. The molecule has 2 aliphatic rings. The van der Waals surface area contributed by atoms with Crippen molar-refractivity contribution >= 4 is 41.0 Å². The summed E-state index contributed by atoms with van der Waals surface area (Å²) < 4.78 is 5.31. The van der Waals surface area contributed by atoms with Gasteiger partial charge in [0.05, 0.1) is 18.8 Å². The molecule has 3 atom stereocenters. The van der Waals surface area contributed by atoms with Gasteiger partial charge in [-0.1, -0.05) is 25.0 Å². The number of methoxy groups -OCH3 is 1. The molecule has 26 heavy (non-hydrogen) atoms. The van der Waals surface area contributed by atoms with Gasteiger partial charge in [-0.3, -0.25) is 19.5 Å². The Hall–Kier alpha value is -2.32. The molecular formula is C18H22N4O3S. The number of aliphatic imine (C=N–C) groups is 1. The molecule has 138 valence electrons. The Balaban J connectivity index is 1.86. The summed E-state index contributed by atoms with van der Waals surface area (Å²) in [6.07, 6.45) is 5.33. The molecule has 2 amide bonds. The average molecular weight is 374 g/mol. The van der Waals surface area contributed by atoms with Gasteiger partial charge in [0.15, 0.2) is 11.0 Å². The van der Waals surface area contributed by atoms with Crippen LogP contribution in [0, 0.1) is 5.92 Å². The predicted molar refractivity (Wildman–Crippen MR) is 103 cm³/mol. The van der Waals surface area contributed by atoms with Crippen LogP contribution in [0.4, 0.5) is 5.69 Å². The van der Waals surface area contributed by atoms with Crippen LogP contribution in [0.3, 0.4) is 0 Å². The number of nitrogens with one attached hydrogen (secondary N) is 1. The summed E-state index contributed by atoms with van der Waals surface area (Å²) in [7, 11) is 1.51. The van der Waals surface area contributed by atoms with E-state index in [0.29, 0.717) is 11.4 Å². The smallest absolute Gasteiger partial charge is 0.251 e. The Kier molecular flexibility index (Phi) is 5.63. The molecule has 1 saturated carbocycles. The van der Waals surface area contributed by atoms with Crippen molar-refractivity contribution in [2.24, 2.45) is 16.6 Å². The first-order valence-electron chi connectivity index (χ1n) is 8.63. The van der Waals surface area contributed by atoms with E-state index in [1.54, 1.807) is 24.3 Å². The molecule has 1 aliphatic heterocycles. The number of anilines is 1. The van der Waals surface area contributed by atoms with Gasteiger partial charge in [-0.15, -0.1) is 0 Å². The Bertz CT molecular complexity index is 752. The van der Waals surface area contributed by atoms with E-state index in [-0.39, 0.29) is 17.2 Å². The maximum Gasteiger partial charge on any atom is 0.251 e. The molecule has 0 spiro atoms. The summed E-state index contributed by atoms with van der Waals surface area (Å²) in [6.45, 7) is 0. The fraction of sp³-hybridized carbons (Fsp3) is 0.444. The van der Waals surface area contributed by atoms with E-state index >= 15 is 0 Å². The third-order valence-corrected chi connectivity index (χ3v) is 5.02. The highest BCUT2D eigenvalue weighted by molar-refractivity contribution is 7.80. The molecule has 0 unspecified atom stereocenters. The first-order chi connectivity index (χ1) is 12.5. The number of carbonyl (C=O) groups is 2.